The molecule has 0 fully saturated rings. The number of nitrogens with one attached hydrogen (secondary N) is 2. The van der Waals surface area contributed by atoms with Gasteiger partial charge in [-0.3, -0.25) is 20.4 Å². The Morgan fingerprint density at radius 3 is 2.68 bits per heavy atom. The Hall–Kier alpha value is -1.79. The molecule has 1 aliphatic carbocycles. The van der Waals surface area contributed by atoms with Crippen molar-refractivity contribution in [1.29, 1.82) is 0 Å². The molecule has 1 aromatic carbocycles. The van der Waals surface area contributed by atoms with Crippen LogP contribution in [0.3, 0.4) is 0 Å². The van der Waals surface area contributed by atoms with Crippen LogP contribution in [0.2, 0.25) is 0 Å². The SMILES string of the molecule is O=C(CCCSc1ccccc1)NNC(=O)c1cc2c(s1)CCCC2. The number of hydrazine groups is 1. The molecule has 25 heavy (non-hydrogen) atoms. The molecule has 2 aromatic rings. The van der Waals surface area contributed by atoms with Crippen molar-refractivity contribution in [3.63, 3.8) is 0 Å². The standard InChI is InChI=1S/C19H22N2O2S2/c22-18(11-6-12-24-15-8-2-1-3-9-15)20-21-19(23)17-13-14-7-4-5-10-16(14)25-17/h1-3,8-9,13H,4-7,10-12H2,(H,20,22)(H,21,23). The second-order valence-electron chi connectivity index (χ2n) is 6.03. The molecule has 2 N–H and O–H groups in total. The molecule has 0 spiro atoms. The van der Waals surface area contributed by atoms with Gasteiger partial charge in [0, 0.05) is 16.2 Å². The van der Waals surface area contributed by atoms with E-state index < -0.39 is 0 Å². The molecule has 3 rings (SSSR count). The summed E-state index contributed by atoms with van der Waals surface area (Å²) in [5.41, 5.74) is 6.35. The molecule has 4 nitrogen and oxygen atoms in total. The zero-order chi connectivity index (χ0) is 17.5. The summed E-state index contributed by atoms with van der Waals surface area (Å²) in [5, 5.41) is 0. The highest BCUT2D eigenvalue weighted by Gasteiger charge is 2.17. The van der Waals surface area contributed by atoms with Gasteiger partial charge >= 0.3 is 0 Å². The first kappa shape index (κ1) is 18.0. The Kier molecular flexibility index (Phi) is 6.53. The fourth-order valence-electron chi connectivity index (χ4n) is 2.79. The number of carbonyl (C=O) groups excluding carboxylic acids is 2. The van der Waals surface area contributed by atoms with Crippen LogP contribution in [0, 0.1) is 0 Å². The number of hydrogen-bond acceptors (Lipinski definition) is 4. The van der Waals surface area contributed by atoms with Crippen LogP contribution in [-0.2, 0) is 17.6 Å². The van der Waals surface area contributed by atoms with Crippen LogP contribution in [0.1, 0.15) is 45.8 Å². The maximum atomic E-state index is 12.2. The number of amides is 2. The van der Waals surface area contributed by atoms with Gasteiger partial charge in [-0.15, -0.1) is 23.1 Å². The number of fused-ring (bicyclic) bond motifs is 1. The van der Waals surface area contributed by atoms with E-state index in [1.165, 1.54) is 28.2 Å². The largest absolute Gasteiger partial charge is 0.279 e. The Bertz CT molecular complexity index is 705. The summed E-state index contributed by atoms with van der Waals surface area (Å²) in [7, 11) is 0. The fraction of sp³-hybridized carbons (Fsp3) is 0.368. The van der Waals surface area contributed by atoms with Crippen molar-refractivity contribution in [3.05, 3.63) is 51.7 Å². The summed E-state index contributed by atoms with van der Waals surface area (Å²) in [4.78, 5) is 27.2. The molecule has 132 valence electrons. The Morgan fingerprint density at radius 2 is 1.88 bits per heavy atom. The number of thiophene rings is 1. The second kappa shape index (κ2) is 9.06. The Morgan fingerprint density at radius 1 is 1.08 bits per heavy atom. The minimum atomic E-state index is -0.216. The van der Waals surface area contributed by atoms with E-state index in [9.17, 15) is 9.59 Å². The van der Waals surface area contributed by atoms with Gasteiger partial charge in [-0.05, 0) is 61.6 Å². The van der Waals surface area contributed by atoms with Crippen LogP contribution < -0.4 is 10.9 Å². The molecule has 0 saturated carbocycles. The monoisotopic (exact) mass is 374 g/mol. The topological polar surface area (TPSA) is 58.2 Å². The molecule has 1 aliphatic rings. The highest BCUT2D eigenvalue weighted by atomic mass is 32.2. The van der Waals surface area contributed by atoms with E-state index in [1.54, 1.807) is 23.1 Å². The van der Waals surface area contributed by atoms with Gasteiger partial charge in [0.05, 0.1) is 4.88 Å². The maximum absolute atomic E-state index is 12.2. The van der Waals surface area contributed by atoms with Crippen molar-refractivity contribution in [2.45, 2.75) is 43.4 Å². The minimum absolute atomic E-state index is 0.150. The summed E-state index contributed by atoms with van der Waals surface area (Å²) in [6.07, 6.45) is 5.70. The van der Waals surface area contributed by atoms with E-state index in [-0.39, 0.29) is 11.8 Å². The van der Waals surface area contributed by atoms with Gasteiger partial charge in [0.25, 0.3) is 5.91 Å². The van der Waals surface area contributed by atoms with Gasteiger partial charge in [0.1, 0.15) is 0 Å². The van der Waals surface area contributed by atoms with Crippen molar-refractivity contribution < 1.29 is 9.59 Å². The van der Waals surface area contributed by atoms with Gasteiger partial charge in [0.15, 0.2) is 0 Å². The van der Waals surface area contributed by atoms with Crippen LogP contribution in [0.5, 0.6) is 0 Å². The maximum Gasteiger partial charge on any atom is 0.279 e. The van der Waals surface area contributed by atoms with E-state index >= 15 is 0 Å². The lowest BCUT2D eigenvalue weighted by Crippen LogP contribution is -2.41. The zero-order valence-corrected chi connectivity index (χ0v) is 15.7. The van der Waals surface area contributed by atoms with E-state index in [0.29, 0.717) is 11.3 Å². The summed E-state index contributed by atoms with van der Waals surface area (Å²) >= 11 is 3.28. The molecular weight excluding hydrogens is 352 g/mol. The lowest BCUT2D eigenvalue weighted by molar-refractivity contribution is -0.121. The number of hydrogen-bond donors (Lipinski definition) is 2. The van der Waals surface area contributed by atoms with E-state index in [0.717, 1.165) is 25.0 Å². The molecule has 0 atom stereocenters. The highest BCUT2D eigenvalue weighted by Crippen LogP contribution is 2.29. The molecule has 1 heterocycles. The molecule has 0 radical (unpaired) electrons. The van der Waals surface area contributed by atoms with E-state index in [2.05, 4.69) is 23.0 Å². The minimum Gasteiger partial charge on any atom is -0.273 e. The van der Waals surface area contributed by atoms with Crippen molar-refractivity contribution in [1.82, 2.24) is 10.9 Å². The molecule has 1 aromatic heterocycles. The van der Waals surface area contributed by atoms with Crippen LogP contribution >= 0.6 is 23.1 Å². The van der Waals surface area contributed by atoms with E-state index in [4.69, 9.17) is 0 Å². The van der Waals surface area contributed by atoms with Crippen molar-refractivity contribution >= 4 is 34.9 Å². The molecular formula is C19H22N2O2S2. The third kappa shape index (κ3) is 5.34. The smallest absolute Gasteiger partial charge is 0.273 e. The number of aryl methyl sites for hydroxylation is 2. The summed E-state index contributed by atoms with van der Waals surface area (Å²) < 4.78 is 0. The number of thioether (sulfide) groups is 1. The van der Waals surface area contributed by atoms with Gasteiger partial charge in [0.2, 0.25) is 5.91 Å². The van der Waals surface area contributed by atoms with Crippen LogP contribution in [0.4, 0.5) is 0 Å². The van der Waals surface area contributed by atoms with Gasteiger partial charge in [-0.25, -0.2) is 0 Å². The van der Waals surface area contributed by atoms with Gasteiger partial charge < -0.3 is 0 Å². The molecule has 2 amide bonds. The predicted molar refractivity (Wildman–Crippen MR) is 103 cm³/mol. The van der Waals surface area contributed by atoms with Crippen molar-refractivity contribution in [3.8, 4) is 0 Å². The first-order chi connectivity index (χ1) is 12.2. The van der Waals surface area contributed by atoms with E-state index in [1.807, 2.05) is 24.3 Å². The highest BCUT2D eigenvalue weighted by molar-refractivity contribution is 7.99. The molecule has 6 heteroatoms. The normalized spacial score (nSPS) is 13.1. The lowest BCUT2D eigenvalue weighted by Gasteiger charge is -2.08. The van der Waals surface area contributed by atoms with Crippen molar-refractivity contribution in [2.75, 3.05) is 5.75 Å². The number of carbonyl (C=O) groups is 2. The molecule has 0 aliphatic heterocycles. The van der Waals surface area contributed by atoms with Crippen LogP contribution in [-0.4, -0.2) is 17.6 Å². The number of rotatable bonds is 6. The average Bonchev–Trinajstić information content (AvgIpc) is 3.08. The third-order valence-electron chi connectivity index (χ3n) is 4.10. The first-order valence-electron chi connectivity index (χ1n) is 8.61. The van der Waals surface area contributed by atoms with Gasteiger partial charge in [-0.2, -0.15) is 0 Å². The zero-order valence-electron chi connectivity index (χ0n) is 14.0. The first-order valence-corrected chi connectivity index (χ1v) is 10.4. The van der Waals surface area contributed by atoms with Crippen LogP contribution in [0.15, 0.2) is 41.3 Å². The summed E-state index contributed by atoms with van der Waals surface area (Å²) in [6.45, 7) is 0. The Labute approximate surface area is 156 Å². The van der Waals surface area contributed by atoms with Crippen molar-refractivity contribution in [2.24, 2.45) is 0 Å². The second-order valence-corrected chi connectivity index (χ2v) is 8.34. The predicted octanol–water partition coefficient (Wildman–Crippen LogP) is 3.96. The third-order valence-corrected chi connectivity index (χ3v) is 6.43. The van der Waals surface area contributed by atoms with Gasteiger partial charge in [-0.1, -0.05) is 18.2 Å². The Balaban J connectivity index is 1.35. The molecule has 0 bridgehead atoms. The molecule has 0 unspecified atom stereocenters. The lowest BCUT2D eigenvalue weighted by atomic mass is 9.99. The fourth-order valence-corrected chi connectivity index (χ4v) is 4.82. The summed E-state index contributed by atoms with van der Waals surface area (Å²) in [5.74, 6) is 0.512. The number of benzene rings is 1. The quantitative estimate of drug-likeness (QED) is 0.457. The molecule has 0 saturated heterocycles. The summed E-state index contributed by atoms with van der Waals surface area (Å²) in [6, 6.07) is 12.1. The average molecular weight is 375 g/mol. The van der Waals surface area contributed by atoms with Crippen LogP contribution in [0.25, 0.3) is 0 Å².